The summed E-state index contributed by atoms with van der Waals surface area (Å²) in [6, 6.07) is 17.9. The molecule has 0 atom stereocenters. The van der Waals surface area contributed by atoms with Crippen LogP contribution in [0.25, 0.3) is 0 Å². The molecule has 0 radical (unpaired) electrons. The third-order valence-corrected chi connectivity index (χ3v) is 5.09. The monoisotopic (exact) mass is 469 g/mol. The number of halogens is 4. The Labute approximate surface area is 192 Å². The molecule has 3 rings (SSSR count). The summed E-state index contributed by atoms with van der Waals surface area (Å²) in [7, 11) is 1.60. The average molecular weight is 471 g/mol. The Hall–Kier alpha value is -1.98. The smallest absolute Gasteiger partial charge is 0.166 e. The quantitative estimate of drug-likeness (QED) is 0.363. The Morgan fingerprint density at radius 2 is 1.73 bits per heavy atom. The van der Waals surface area contributed by atoms with E-state index in [0.29, 0.717) is 28.6 Å². The predicted octanol–water partition coefficient (Wildman–Crippen LogP) is 6.47. The first-order chi connectivity index (χ1) is 14.1. The lowest BCUT2D eigenvalue weighted by atomic mass is 10.1. The van der Waals surface area contributed by atoms with Gasteiger partial charge in [-0.1, -0.05) is 53.5 Å². The van der Waals surface area contributed by atoms with Crippen LogP contribution in [0.15, 0.2) is 60.7 Å². The molecular formula is C23H23Cl3FNO2. The molecule has 3 aromatic rings. The second-order valence-corrected chi connectivity index (χ2v) is 7.37. The molecule has 0 fully saturated rings. The molecule has 0 aliphatic rings. The van der Waals surface area contributed by atoms with E-state index < -0.39 is 0 Å². The van der Waals surface area contributed by atoms with Crippen LogP contribution in [-0.4, -0.2) is 13.7 Å². The molecule has 0 saturated heterocycles. The molecule has 0 spiro atoms. The Bertz CT molecular complexity index is 952. The lowest BCUT2D eigenvalue weighted by Gasteiger charge is -2.16. The summed E-state index contributed by atoms with van der Waals surface area (Å²) in [5.41, 5.74) is 2.90. The Morgan fingerprint density at radius 3 is 2.43 bits per heavy atom. The molecule has 3 aromatic carbocycles. The third kappa shape index (κ3) is 6.78. The summed E-state index contributed by atoms with van der Waals surface area (Å²) in [6.45, 7) is 1.65. The van der Waals surface area contributed by atoms with Crippen molar-refractivity contribution in [2.75, 3.05) is 13.7 Å². The van der Waals surface area contributed by atoms with Crippen molar-refractivity contribution < 1.29 is 13.9 Å². The third-order valence-electron chi connectivity index (χ3n) is 4.49. The fourth-order valence-electron chi connectivity index (χ4n) is 2.92. The molecular weight excluding hydrogens is 448 g/mol. The number of nitrogens with one attached hydrogen (secondary N) is 1. The molecule has 7 heteroatoms. The summed E-state index contributed by atoms with van der Waals surface area (Å²) >= 11 is 12.0. The van der Waals surface area contributed by atoms with Gasteiger partial charge in [0.05, 0.1) is 12.1 Å². The molecule has 0 aromatic heterocycles. The van der Waals surface area contributed by atoms with Crippen LogP contribution < -0.4 is 14.8 Å². The van der Waals surface area contributed by atoms with Crippen LogP contribution in [0.1, 0.15) is 16.7 Å². The van der Waals surface area contributed by atoms with Crippen molar-refractivity contribution in [1.29, 1.82) is 0 Å². The van der Waals surface area contributed by atoms with E-state index in [1.807, 2.05) is 42.5 Å². The van der Waals surface area contributed by atoms with Crippen LogP contribution in [0, 0.1) is 5.82 Å². The van der Waals surface area contributed by atoms with Crippen molar-refractivity contribution in [3.8, 4) is 11.5 Å². The second-order valence-electron chi connectivity index (χ2n) is 6.53. The molecule has 0 amide bonds. The topological polar surface area (TPSA) is 30.5 Å². The first kappa shape index (κ1) is 24.3. The Balaban J connectivity index is 0.00000320. The summed E-state index contributed by atoms with van der Waals surface area (Å²) in [4.78, 5) is 0. The lowest BCUT2D eigenvalue weighted by molar-refractivity contribution is 0.280. The number of ether oxygens (including phenoxy) is 2. The maximum atomic E-state index is 13.2. The van der Waals surface area contributed by atoms with Crippen LogP contribution in [0.3, 0.4) is 0 Å². The number of methoxy groups -OCH3 is 1. The minimum absolute atomic E-state index is 0. The van der Waals surface area contributed by atoms with Crippen LogP contribution in [-0.2, 0) is 19.6 Å². The first-order valence-corrected chi connectivity index (χ1v) is 10.00. The Morgan fingerprint density at radius 1 is 0.967 bits per heavy atom. The van der Waals surface area contributed by atoms with Crippen LogP contribution in [0.4, 0.5) is 4.39 Å². The van der Waals surface area contributed by atoms with E-state index in [1.165, 1.54) is 17.7 Å². The van der Waals surface area contributed by atoms with E-state index in [4.69, 9.17) is 32.7 Å². The molecule has 30 heavy (non-hydrogen) atoms. The lowest BCUT2D eigenvalue weighted by Crippen LogP contribution is -2.17. The van der Waals surface area contributed by atoms with Gasteiger partial charge in [0.15, 0.2) is 11.5 Å². The summed E-state index contributed by atoms with van der Waals surface area (Å²) in [5, 5.41) is 4.50. The van der Waals surface area contributed by atoms with Gasteiger partial charge in [-0.25, -0.2) is 4.39 Å². The fourth-order valence-corrected chi connectivity index (χ4v) is 3.27. The molecule has 1 N–H and O–H groups in total. The Kier molecular flexibility index (Phi) is 9.73. The van der Waals surface area contributed by atoms with E-state index in [0.717, 1.165) is 23.6 Å². The zero-order chi connectivity index (χ0) is 20.6. The number of rotatable bonds is 9. The largest absolute Gasteiger partial charge is 0.493 e. The van der Waals surface area contributed by atoms with Gasteiger partial charge in [-0.05, 0) is 48.9 Å². The van der Waals surface area contributed by atoms with E-state index >= 15 is 0 Å². The van der Waals surface area contributed by atoms with Gasteiger partial charge in [0.2, 0.25) is 0 Å². The van der Waals surface area contributed by atoms with Gasteiger partial charge in [-0.3, -0.25) is 0 Å². The van der Waals surface area contributed by atoms with Crippen molar-refractivity contribution in [3.63, 3.8) is 0 Å². The molecule has 3 nitrogen and oxygen atoms in total. The van der Waals surface area contributed by atoms with Crippen LogP contribution >= 0.6 is 35.6 Å². The van der Waals surface area contributed by atoms with Crippen molar-refractivity contribution >= 4 is 35.6 Å². The summed E-state index contributed by atoms with van der Waals surface area (Å²) < 4.78 is 24.7. The predicted molar refractivity (Wildman–Crippen MR) is 123 cm³/mol. The molecule has 0 saturated carbocycles. The fraction of sp³-hybridized carbons (Fsp3) is 0.217. The maximum absolute atomic E-state index is 13.2. The molecule has 0 unspecified atom stereocenters. The summed E-state index contributed by atoms with van der Waals surface area (Å²) in [5.74, 6) is 0.913. The number of benzene rings is 3. The van der Waals surface area contributed by atoms with Crippen molar-refractivity contribution in [2.45, 2.75) is 19.6 Å². The van der Waals surface area contributed by atoms with Crippen LogP contribution in [0.2, 0.25) is 10.0 Å². The highest BCUT2D eigenvalue weighted by Crippen LogP contribution is 2.32. The van der Waals surface area contributed by atoms with Crippen molar-refractivity contribution in [3.05, 3.63) is 93.2 Å². The molecule has 160 valence electrons. The highest BCUT2D eigenvalue weighted by Gasteiger charge is 2.12. The van der Waals surface area contributed by atoms with E-state index in [1.54, 1.807) is 13.2 Å². The van der Waals surface area contributed by atoms with Gasteiger partial charge in [0.25, 0.3) is 0 Å². The van der Waals surface area contributed by atoms with Gasteiger partial charge in [-0.2, -0.15) is 0 Å². The second kappa shape index (κ2) is 12.0. The number of hydrogen-bond acceptors (Lipinski definition) is 3. The van der Waals surface area contributed by atoms with E-state index in [9.17, 15) is 4.39 Å². The molecule has 0 aliphatic heterocycles. The van der Waals surface area contributed by atoms with Gasteiger partial charge in [0.1, 0.15) is 12.4 Å². The van der Waals surface area contributed by atoms with Gasteiger partial charge < -0.3 is 14.8 Å². The van der Waals surface area contributed by atoms with Crippen LogP contribution in [0.5, 0.6) is 11.5 Å². The SMILES string of the molecule is COc1cccc(CNCCc2ccc(Cl)cc2)c1OCc1ccc(F)cc1Cl.Cl. The van der Waals surface area contributed by atoms with Gasteiger partial charge in [-0.15, -0.1) is 12.4 Å². The van der Waals surface area contributed by atoms with E-state index in [-0.39, 0.29) is 24.8 Å². The standard InChI is InChI=1S/C23H22Cl2FNO2.ClH/c1-28-22-4-2-3-17(14-27-12-11-16-5-8-19(24)9-6-16)23(22)29-15-18-7-10-20(26)13-21(18)25;/h2-10,13,27H,11-12,14-15H2,1H3;1H. The molecule has 0 aliphatic carbocycles. The maximum Gasteiger partial charge on any atom is 0.166 e. The van der Waals surface area contributed by atoms with Gasteiger partial charge >= 0.3 is 0 Å². The number of hydrogen-bond donors (Lipinski definition) is 1. The zero-order valence-electron chi connectivity index (χ0n) is 16.5. The number of para-hydroxylation sites is 1. The zero-order valence-corrected chi connectivity index (χ0v) is 18.8. The minimum Gasteiger partial charge on any atom is -0.493 e. The highest BCUT2D eigenvalue weighted by atomic mass is 35.5. The molecule has 0 bridgehead atoms. The normalized spacial score (nSPS) is 10.4. The highest BCUT2D eigenvalue weighted by molar-refractivity contribution is 6.31. The van der Waals surface area contributed by atoms with E-state index in [2.05, 4.69) is 5.32 Å². The van der Waals surface area contributed by atoms with Crippen molar-refractivity contribution in [2.24, 2.45) is 0 Å². The first-order valence-electron chi connectivity index (χ1n) is 9.24. The van der Waals surface area contributed by atoms with Gasteiger partial charge in [0, 0.05) is 22.7 Å². The summed E-state index contributed by atoms with van der Waals surface area (Å²) in [6.07, 6.45) is 0.891. The average Bonchev–Trinajstić information content (AvgIpc) is 2.72. The minimum atomic E-state index is -0.374. The van der Waals surface area contributed by atoms with Crippen molar-refractivity contribution in [1.82, 2.24) is 5.32 Å². The molecule has 0 heterocycles.